The van der Waals surface area contributed by atoms with Crippen LogP contribution in [0.5, 0.6) is 0 Å². The van der Waals surface area contributed by atoms with Crippen molar-refractivity contribution in [2.75, 3.05) is 18.4 Å². The Morgan fingerprint density at radius 3 is 2.21 bits per heavy atom. The van der Waals surface area contributed by atoms with Crippen LogP contribution in [0.3, 0.4) is 0 Å². The molecule has 5 nitrogen and oxygen atoms in total. The maximum Gasteiger partial charge on any atom is 0.416 e. The van der Waals surface area contributed by atoms with Crippen molar-refractivity contribution in [3.05, 3.63) is 94.8 Å². The summed E-state index contributed by atoms with van der Waals surface area (Å²) in [5, 5.41) is 2.90. The first kappa shape index (κ1) is 23.5. The van der Waals surface area contributed by atoms with Gasteiger partial charge < -0.3 is 10.2 Å². The Morgan fingerprint density at radius 2 is 1.59 bits per heavy atom. The molecular formula is C26H24F3N3O2. The third-order valence-electron chi connectivity index (χ3n) is 5.97. The Balaban J connectivity index is 1.45. The largest absolute Gasteiger partial charge is 0.416 e. The number of aromatic nitrogens is 1. The number of benzene rings is 2. The molecule has 0 radical (unpaired) electrons. The first-order chi connectivity index (χ1) is 16.2. The minimum absolute atomic E-state index is 0.00641. The molecule has 0 saturated carbocycles. The van der Waals surface area contributed by atoms with Gasteiger partial charge in [-0.15, -0.1) is 0 Å². The fourth-order valence-electron chi connectivity index (χ4n) is 4.14. The zero-order valence-corrected chi connectivity index (χ0v) is 18.6. The van der Waals surface area contributed by atoms with Crippen LogP contribution in [0.2, 0.25) is 0 Å². The van der Waals surface area contributed by atoms with Gasteiger partial charge in [-0.1, -0.05) is 18.2 Å². The molecule has 3 aromatic rings. The van der Waals surface area contributed by atoms with Gasteiger partial charge in [-0.3, -0.25) is 14.6 Å². The number of anilines is 1. The Kier molecular flexibility index (Phi) is 6.68. The highest BCUT2D eigenvalue weighted by molar-refractivity contribution is 6.05. The van der Waals surface area contributed by atoms with Crippen LogP contribution < -0.4 is 5.32 Å². The van der Waals surface area contributed by atoms with Gasteiger partial charge in [-0.2, -0.15) is 13.2 Å². The van der Waals surface area contributed by atoms with E-state index in [4.69, 9.17) is 0 Å². The molecule has 1 fully saturated rings. The highest BCUT2D eigenvalue weighted by Crippen LogP contribution is 2.32. The van der Waals surface area contributed by atoms with Crippen LogP contribution in [-0.4, -0.2) is 34.8 Å². The molecule has 2 amide bonds. The summed E-state index contributed by atoms with van der Waals surface area (Å²) in [4.78, 5) is 32.0. The maximum atomic E-state index is 12.9. The summed E-state index contributed by atoms with van der Waals surface area (Å²) in [5.41, 5.74) is 2.14. The number of alkyl halides is 3. The number of carbonyl (C=O) groups is 2. The average molecular weight is 467 g/mol. The number of para-hydroxylation sites is 1. The van der Waals surface area contributed by atoms with Crippen LogP contribution in [0.25, 0.3) is 0 Å². The summed E-state index contributed by atoms with van der Waals surface area (Å²) in [6.45, 7) is 2.73. The number of piperidine rings is 1. The van der Waals surface area contributed by atoms with Crippen LogP contribution >= 0.6 is 0 Å². The molecule has 1 N–H and O–H groups in total. The molecule has 2 heterocycles. The summed E-state index contributed by atoms with van der Waals surface area (Å²) in [5.74, 6) is -0.545. The van der Waals surface area contributed by atoms with Crippen molar-refractivity contribution in [3.63, 3.8) is 0 Å². The zero-order chi connectivity index (χ0) is 24.3. The molecule has 0 spiro atoms. The topological polar surface area (TPSA) is 62.3 Å². The van der Waals surface area contributed by atoms with E-state index in [0.717, 1.165) is 17.8 Å². The summed E-state index contributed by atoms with van der Waals surface area (Å²) < 4.78 is 38.4. The highest BCUT2D eigenvalue weighted by Gasteiger charge is 2.31. The predicted octanol–water partition coefficient (Wildman–Crippen LogP) is 5.68. The second kappa shape index (κ2) is 9.67. The molecule has 4 rings (SSSR count). The van der Waals surface area contributed by atoms with Crippen molar-refractivity contribution < 1.29 is 22.8 Å². The van der Waals surface area contributed by atoms with Crippen LogP contribution in [0, 0.1) is 6.92 Å². The molecule has 2 aromatic carbocycles. The Morgan fingerprint density at radius 1 is 0.941 bits per heavy atom. The second-order valence-electron chi connectivity index (χ2n) is 8.35. The van der Waals surface area contributed by atoms with E-state index in [-0.39, 0.29) is 23.3 Å². The standard InChI is InChI=1S/C26H24F3N3O2/c1-17-7-12-22(24(33)31-21-5-3-2-4-6-21)23(30-17)18-13-15-32(16-14-18)25(34)19-8-10-20(11-9-19)26(27,28)29/h2-12,18H,13-16H2,1H3,(H,31,33). The van der Waals surface area contributed by atoms with E-state index >= 15 is 0 Å². The van der Waals surface area contributed by atoms with Crippen molar-refractivity contribution in [3.8, 4) is 0 Å². The third kappa shape index (κ3) is 5.27. The monoisotopic (exact) mass is 467 g/mol. The molecule has 0 bridgehead atoms. The maximum absolute atomic E-state index is 12.9. The quantitative estimate of drug-likeness (QED) is 0.537. The molecule has 0 aliphatic carbocycles. The molecule has 34 heavy (non-hydrogen) atoms. The molecule has 8 heteroatoms. The lowest BCUT2D eigenvalue weighted by molar-refractivity contribution is -0.137. The van der Waals surface area contributed by atoms with Gasteiger partial charge >= 0.3 is 6.18 Å². The number of aryl methyl sites for hydroxylation is 1. The lowest BCUT2D eigenvalue weighted by Gasteiger charge is -2.32. The van der Waals surface area contributed by atoms with E-state index in [9.17, 15) is 22.8 Å². The number of halogens is 3. The first-order valence-corrected chi connectivity index (χ1v) is 11.0. The van der Waals surface area contributed by atoms with E-state index in [2.05, 4.69) is 10.3 Å². The van der Waals surface area contributed by atoms with Crippen LogP contribution in [0.15, 0.2) is 66.7 Å². The fourth-order valence-corrected chi connectivity index (χ4v) is 4.14. The van der Waals surface area contributed by atoms with E-state index in [1.165, 1.54) is 12.1 Å². The third-order valence-corrected chi connectivity index (χ3v) is 5.97. The average Bonchev–Trinajstić information content (AvgIpc) is 2.84. The smallest absolute Gasteiger partial charge is 0.339 e. The van der Waals surface area contributed by atoms with Gasteiger partial charge in [0.05, 0.1) is 16.8 Å². The van der Waals surface area contributed by atoms with Crippen molar-refractivity contribution in [2.45, 2.75) is 31.9 Å². The number of hydrogen-bond acceptors (Lipinski definition) is 3. The normalized spacial score (nSPS) is 14.6. The summed E-state index contributed by atoms with van der Waals surface area (Å²) in [7, 11) is 0. The molecule has 0 atom stereocenters. The van der Waals surface area contributed by atoms with Gasteiger partial charge in [0.1, 0.15) is 0 Å². The number of pyridine rings is 1. The number of rotatable bonds is 4. The number of carbonyl (C=O) groups excluding carboxylic acids is 2. The van der Waals surface area contributed by atoms with Crippen LogP contribution in [0.4, 0.5) is 18.9 Å². The van der Waals surface area contributed by atoms with Crippen LogP contribution in [-0.2, 0) is 6.18 Å². The zero-order valence-electron chi connectivity index (χ0n) is 18.6. The van der Waals surface area contributed by atoms with Crippen molar-refractivity contribution in [1.82, 2.24) is 9.88 Å². The Hall–Kier alpha value is -3.68. The summed E-state index contributed by atoms with van der Waals surface area (Å²) in [6, 6.07) is 17.0. The lowest BCUT2D eigenvalue weighted by atomic mass is 9.89. The number of likely N-dealkylation sites (tertiary alicyclic amines) is 1. The Labute approximate surface area is 195 Å². The van der Waals surface area contributed by atoms with Crippen molar-refractivity contribution >= 4 is 17.5 Å². The first-order valence-electron chi connectivity index (χ1n) is 11.0. The molecule has 1 aromatic heterocycles. The molecule has 1 aliphatic heterocycles. The number of amides is 2. The summed E-state index contributed by atoms with van der Waals surface area (Å²) >= 11 is 0. The minimum atomic E-state index is -4.44. The molecule has 1 aliphatic rings. The van der Waals surface area contributed by atoms with Gasteiger partial charge in [0.2, 0.25) is 0 Å². The minimum Gasteiger partial charge on any atom is -0.339 e. The fraction of sp³-hybridized carbons (Fsp3) is 0.269. The SMILES string of the molecule is Cc1ccc(C(=O)Nc2ccccc2)c(C2CCN(C(=O)c3ccc(C(F)(F)F)cc3)CC2)n1. The van der Waals surface area contributed by atoms with E-state index < -0.39 is 11.7 Å². The Bertz CT molecular complexity index is 1170. The molecule has 176 valence electrons. The number of hydrogen-bond donors (Lipinski definition) is 1. The van der Waals surface area contributed by atoms with Crippen molar-refractivity contribution in [1.29, 1.82) is 0 Å². The van der Waals surface area contributed by atoms with Gasteiger partial charge in [0.15, 0.2) is 0 Å². The second-order valence-corrected chi connectivity index (χ2v) is 8.35. The molecule has 0 unspecified atom stereocenters. The lowest BCUT2D eigenvalue weighted by Crippen LogP contribution is -2.38. The van der Waals surface area contributed by atoms with Gasteiger partial charge in [-0.25, -0.2) is 0 Å². The highest BCUT2D eigenvalue weighted by atomic mass is 19.4. The number of nitrogens with one attached hydrogen (secondary N) is 1. The van der Waals surface area contributed by atoms with E-state index in [1.807, 2.05) is 37.3 Å². The van der Waals surface area contributed by atoms with Gasteiger partial charge in [0.25, 0.3) is 11.8 Å². The van der Waals surface area contributed by atoms with Gasteiger partial charge in [0, 0.05) is 36.0 Å². The predicted molar refractivity (Wildman–Crippen MR) is 123 cm³/mol. The molecule has 1 saturated heterocycles. The number of nitrogens with zero attached hydrogens (tertiary/aromatic N) is 2. The van der Waals surface area contributed by atoms with Crippen LogP contribution in [0.1, 0.15) is 56.4 Å². The summed E-state index contributed by atoms with van der Waals surface area (Å²) in [6.07, 6.45) is -3.23. The van der Waals surface area contributed by atoms with E-state index in [0.29, 0.717) is 42.9 Å². The molecular weight excluding hydrogens is 443 g/mol. The van der Waals surface area contributed by atoms with Gasteiger partial charge in [-0.05, 0) is 68.3 Å². The van der Waals surface area contributed by atoms with Crippen molar-refractivity contribution in [2.24, 2.45) is 0 Å². The van der Waals surface area contributed by atoms with E-state index in [1.54, 1.807) is 17.0 Å².